The van der Waals surface area contributed by atoms with Gasteiger partial charge >= 0.3 is 6.09 Å². The summed E-state index contributed by atoms with van der Waals surface area (Å²) < 4.78 is 5.32. The van der Waals surface area contributed by atoms with E-state index in [1.807, 2.05) is 20.8 Å². The van der Waals surface area contributed by atoms with Crippen LogP contribution in [-0.4, -0.2) is 35.7 Å². The topological polar surface area (TPSA) is 55.6 Å². The van der Waals surface area contributed by atoms with Crippen LogP contribution in [0.15, 0.2) is 0 Å². The van der Waals surface area contributed by atoms with Crippen molar-refractivity contribution >= 4 is 6.09 Å². The normalized spacial score (nSPS) is 28.3. The van der Waals surface area contributed by atoms with Gasteiger partial charge in [-0.05, 0) is 33.6 Å². The van der Waals surface area contributed by atoms with Gasteiger partial charge in [0.1, 0.15) is 5.60 Å². The van der Waals surface area contributed by atoms with Crippen LogP contribution in [0.5, 0.6) is 0 Å². The van der Waals surface area contributed by atoms with Crippen LogP contribution in [0, 0.1) is 5.41 Å². The Balaban J connectivity index is 1.93. The molecule has 0 bridgehead atoms. The lowest BCUT2D eigenvalue weighted by Crippen LogP contribution is -2.36. The predicted molar refractivity (Wildman–Crippen MR) is 57.4 cm³/mol. The molecule has 1 heterocycles. The first kappa shape index (κ1) is 10.7. The van der Waals surface area contributed by atoms with Crippen LogP contribution in [0.2, 0.25) is 0 Å². The van der Waals surface area contributed by atoms with Crippen molar-refractivity contribution in [1.29, 1.82) is 0 Å². The summed E-state index contributed by atoms with van der Waals surface area (Å²) in [6.07, 6.45) is 2.10. The predicted octanol–water partition coefficient (Wildman–Crippen LogP) is 1.34. The zero-order valence-electron chi connectivity index (χ0n) is 9.75. The van der Waals surface area contributed by atoms with E-state index >= 15 is 0 Å². The highest BCUT2D eigenvalue weighted by Crippen LogP contribution is 2.52. The lowest BCUT2D eigenvalue weighted by atomic mass is 10.0. The molecule has 1 aliphatic heterocycles. The van der Waals surface area contributed by atoms with E-state index in [-0.39, 0.29) is 17.6 Å². The molecular weight excluding hydrogens is 192 g/mol. The number of rotatable bonds is 0. The van der Waals surface area contributed by atoms with Crippen molar-refractivity contribution in [1.82, 2.24) is 4.90 Å². The fourth-order valence-electron chi connectivity index (χ4n) is 2.15. The van der Waals surface area contributed by atoms with Gasteiger partial charge in [0.25, 0.3) is 0 Å². The second kappa shape index (κ2) is 3.11. The summed E-state index contributed by atoms with van der Waals surface area (Å²) in [5, 5.41) is 0. The average molecular weight is 212 g/mol. The molecule has 0 radical (unpaired) electrons. The van der Waals surface area contributed by atoms with Gasteiger partial charge in [0, 0.05) is 24.5 Å². The first-order chi connectivity index (χ1) is 6.82. The molecule has 1 saturated heterocycles. The minimum atomic E-state index is -0.416. The van der Waals surface area contributed by atoms with E-state index in [2.05, 4.69) is 0 Å². The van der Waals surface area contributed by atoms with Crippen molar-refractivity contribution in [3.63, 3.8) is 0 Å². The molecular formula is C11H20N2O2. The average Bonchev–Trinajstić information content (AvgIpc) is 2.73. The summed E-state index contributed by atoms with van der Waals surface area (Å²) >= 11 is 0. The molecule has 86 valence electrons. The Morgan fingerprint density at radius 1 is 1.47 bits per heavy atom. The van der Waals surface area contributed by atoms with Crippen LogP contribution >= 0.6 is 0 Å². The lowest BCUT2D eigenvalue weighted by molar-refractivity contribution is 0.0284. The van der Waals surface area contributed by atoms with E-state index in [4.69, 9.17) is 10.5 Å². The van der Waals surface area contributed by atoms with Crippen molar-refractivity contribution in [2.24, 2.45) is 11.1 Å². The van der Waals surface area contributed by atoms with Crippen LogP contribution in [-0.2, 0) is 4.74 Å². The fraction of sp³-hybridized carbons (Fsp3) is 0.909. The molecule has 0 aromatic heterocycles. The Bertz CT molecular complexity index is 279. The molecule has 0 aromatic carbocycles. The van der Waals surface area contributed by atoms with Gasteiger partial charge in [-0.1, -0.05) is 0 Å². The number of ether oxygens (including phenoxy) is 1. The van der Waals surface area contributed by atoms with Crippen LogP contribution in [0.1, 0.15) is 33.6 Å². The molecule has 15 heavy (non-hydrogen) atoms. The number of nitrogens with two attached hydrogens (primary N) is 1. The number of carbonyl (C=O) groups excluding carboxylic acids is 1. The Kier molecular flexibility index (Phi) is 2.23. The molecule has 1 aliphatic carbocycles. The second-order valence-corrected chi connectivity index (χ2v) is 5.83. The first-order valence-corrected chi connectivity index (χ1v) is 5.56. The zero-order chi connectivity index (χ0) is 11.3. The van der Waals surface area contributed by atoms with Gasteiger partial charge in [0.2, 0.25) is 0 Å². The van der Waals surface area contributed by atoms with Gasteiger partial charge < -0.3 is 15.4 Å². The monoisotopic (exact) mass is 212 g/mol. The molecule has 1 amide bonds. The van der Waals surface area contributed by atoms with Crippen LogP contribution in [0.3, 0.4) is 0 Å². The van der Waals surface area contributed by atoms with Crippen LogP contribution < -0.4 is 5.73 Å². The smallest absolute Gasteiger partial charge is 0.410 e. The molecule has 4 heteroatoms. The molecule has 0 unspecified atom stereocenters. The Morgan fingerprint density at radius 2 is 2.07 bits per heavy atom. The number of nitrogens with zero attached hydrogens (tertiary/aromatic N) is 1. The van der Waals surface area contributed by atoms with Gasteiger partial charge in [0.15, 0.2) is 0 Å². The second-order valence-electron chi connectivity index (χ2n) is 5.83. The Hall–Kier alpha value is -0.770. The standard InChI is InChI=1S/C11H20N2O2/c1-10(2,3)15-9(14)13-6-8(12)11(7-13)4-5-11/h8H,4-7,12H2,1-3H3/t8-/m1/s1. The van der Waals surface area contributed by atoms with Gasteiger partial charge in [-0.3, -0.25) is 0 Å². The molecule has 4 nitrogen and oxygen atoms in total. The number of carbonyl (C=O) groups is 1. The minimum Gasteiger partial charge on any atom is -0.444 e. The maximum Gasteiger partial charge on any atom is 0.410 e. The van der Waals surface area contributed by atoms with Gasteiger partial charge in [0.05, 0.1) is 0 Å². The lowest BCUT2D eigenvalue weighted by Gasteiger charge is -2.24. The van der Waals surface area contributed by atoms with Gasteiger partial charge in [-0.25, -0.2) is 4.79 Å². The number of hydrogen-bond acceptors (Lipinski definition) is 3. The Morgan fingerprint density at radius 3 is 2.47 bits per heavy atom. The first-order valence-electron chi connectivity index (χ1n) is 5.56. The highest BCUT2D eigenvalue weighted by atomic mass is 16.6. The molecule has 1 atom stereocenters. The van der Waals surface area contributed by atoms with E-state index < -0.39 is 5.60 Å². The molecule has 2 aliphatic rings. The quantitative estimate of drug-likeness (QED) is 0.659. The van der Waals surface area contributed by atoms with Crippen molar-refractivity contribution in [2.45, 2.75) is 45.3 Å². The highest BCUT2D eigenvalue weighted by Gasteiger charge is 2.55. The van der Waals surface area contributed by atoms with Gasteiger partial charge in [-0.15, -0.1) is 0 Å². The van der Waals surface area contributed by atoms with Crippen molar-refractivity contribution in [3.05, 3.63) is 0 Å². The molecule has 1 spiro atoms. The van der Waals surface area contributed by atoms with Crippen LogP contribution in [0.4, 0.5) is 4.79 Å². The van der Waals surface area contributed by atoms with E-state index in [0.717, 1.165) is 19.4 Å². The van der Waals surface area contributed by atoms with Crippen molar-refractivity contribution in [3.8, 4) is 0 Å². The molecule has 1 saturated carbocycles. The zero-order valence-corrected chi connectivity index (χ0v) is 9.75. The van der Waals surface area contributed by atoms with E-state index in [0.29, 0.717) is 6.54 Å². The number of likely N-dealkylation sites (tertiary alicyclic amines) is 1. The summed E-state index contributed by atoms with van der Waals surface area (Å²) in [6.45, 7) is 7.08. The van der Waals surface area contributed by atoms with Crippen molar-refractivity contribution in [2.75, 3.05) is 13.1 Å². The SMILES string of the molecule is CC(C)(C)OC(=O)N1C[C@@H](N)C2(CC2)C1. The minimum absolute atomic E-state index is 0.144. The molecule has 2 rings (SSSR count). The summed E-state index contributed by atoms with van der Waals surface area (Å²) in [5.41, 5.74) is 5.83. The molecule has 2 fully saturated rings. The summed E-state index contributed by atoms with van der Waals surface area (Å²) in [4.78, 5) is 13.5. The third-order valence-electron chi connectivity index (χ3n) is 3.25. The third kappa shape index (κ3) is 2.09. The molecule has 0 aromatic rings. The van der Waals surface area contributed by atoms with E-state index in [1.54, 1.807) is 4.90 Å². The number of amides is 1. The fourth-order valence-corrected chi connectivity index (χ4v) is 2.15. The summed E-state index contributed by atoms with van der Waals surface area (Å²) in [5.74, 6) is 0. The Labute approximate surface area is 90.8 Å². The van der Waals surface area contributed by atoms with E-state index in [1.165, 1.54) is 0 Å². The maximum atomic E-state index is 11.8. The maximum absolute atomic E-state index is 11.8. The van der Waals surface area contributed by atoms with Crippen LogP contribution in [0.25, 0.3) is 0 Å². The summed E-state index contributed by atoms with van der Waals surface area (Å²) in [7, 11) is 0. The highest BCUT2D eigenvalue weighted by molar-refractivity contribution is 5.69. The van der Waals surface area contributed by atoms with E-state index in [9.17, 15) is 4.79 Å². The molecule has 2 N–H and O–H groups in total. The largest absolute Gasteiger partial charge is 0.444 e. The summed E-state index contributed by atoms with van der Waals surface area (Å²) in [6, 6.07) is 0.144. The van der Waals surface area contributed by atoms with Crippen molar-refractivity contribution < 1.29 is 9.53 Å². The van der Waals surface area contributed by atoms with Gasteiger partial charge in [-0.2, -0.15) is 0 Å². The third-order valence-corrected chi connectivity index (χ3v) is 3.25. The number of hydrogen-bond donors (Lipinski definition) is 1.